The van der Waals surface area contributed by atoms with Crippen molar-refractivity contribution in [3.63, 3.8) is 0 Å². The van der Waals surface area contributed by atoms with E-state index in [2.05, 4.69) is 12.2 Å². The van der Waals surface area contributed by atoms with Crippen molar-refractivity contribution in [1.82, 2.24) is 14.5 Å². The number of carbonyl (C=O) groups excluding carboxylic acids is 3. The Morgan fingerprint density at radius 1 is 1.00 bits per heavy atom. The van der Waals surface area contributed by atoms with Crippen LogP contribution in [0.3, 0.4) is 0 Å². The van der Waals surface area contributed by atoms with E-state index < -0.39 is 27.1 Å². The summed E-state index contributed by atoms with van der Waals surface area (Å²) in [4.78, 5) is 46.2. The number of hydrogen-bond acceptors (Lipinski definition) is 6. The quantitative estimate of drug-likeness (QED) is 0.526. The number of amidine groups is 1. The van der Waals surface area contributed by atoms with E-state index in [9.17, 15) is 22.8 Å². The summed E-state index contributed by atoms with van der Waals surface area (Å²) >= 11 is 0. The molecule has 41 heavy (non-hydrogen) atoms. The highest BCUT2D eigenvalue weighted by molar-refractivity contribution is 7.92. The summed E-state index contributed by atoms with van der Waals surface area (Å²) in [5.41, 5.74) is 0.857. The topological polar surface area (TPSA) is 119 Å². The van der Waals surface area contributed by atoms with Crippen LogP contribution in [-0.4, -0.2) is 72.5 Å². The van der Waals surface area contributed by atoms with Crippen molar-refractivity contribution in [2.75, 3.05) is 25.0 Å². The van der Waals surface area contributed by atoms with Crippen molar-refractivity contribution in [3.05, 3.63) is 34.2 Å². The van der Waals surface area contributed by atoms with Gasteiger partial charge in [-0.25, -0.2) is 18.1 Å². The maximum atomic E-state index is 13.3. The molecule has 4 aliphatic rings. The lowest BCUT2D eigenvalue weighted by Crippen LogP contribution is -2.50. The molecule has 0 radical (unpaired) electrons. The lowest BCUT2D eigenvalue weighted by atomic mass is 9.82. The fourth-order valence-electron chi connectivity index (χ4n) is 6.42. The maximum absolute atomic E-state index is 13.3. The van der Waals surface area contributed by atoms with E-state index in [-0.39, 0.29) is 30.8 Å². The van der Waals surface area contributed by atoms with Gasteiger partial charge in [-0.1, -0.05) is 19.8 Å². The van der Waals surface area contributed by atoms with E-state index in [4.69, 9.17) is 4.99 Å². The Kier molecular flexibility index (Phi) is 7.43. The first-order valence-corrected chi connectivity index (χ1v) is 16.0. The number of nitrogens with zero attached hydrogens (tertiary/aromatic N) is 4. The van der Waals surface area contributed by atoms with E-state index in [1.807, 2.05) is 13.8 Å². The molecule has 3 aliphatic heterocycles. The van der Waals surface area contributed by atoms with Crippen LogP contribution in [0.15, 0.2) is 22.5 Å². The first-order chi connectivity index (χ1) is 19.2. The van der Waals surface area contributed by atoms with Crippen molar-refractivity contribution >= 4 is 45.5 Å². The number of aliphatic imine (C=N–C) groups is 1. The van der Waals surface area contributed by atoms with Crippen LogP contribution >= 0.6 is 0 Å². The smallest absolute Gasteiger partial charge is 0.313 e. The summed E-state index contributed by atoms with van der Waals surface area (Å²) < 4.78 is 28.0. The average molecular weight is 584 g/mol. The van der Waals surface area contributed by atoms with E-state index >= 15 is 0 Å². The second-order valence-electron chi connectivity index (χ2n) is 12.7. The molecule has 1 saturated carbocycles. The molecule has 1 aromatic carbocycles. The summed E-state index contributed by atoms with van der Waals surface area (Å²) in [5, 5.41) is 4.23. The molecule has 1 aromatic rings. The zero-order chi connectivity index (χ0) is 29.9. The molecule has 10 nitrogen and oxygen atoms in total. The first-order valence-electron chi connectivity index (χ1n) is 14.5. The first kappa shape index (κ1) is 29.4. The lowest BCUT2D eigenvalue weighted by Gasteiger charge is -2.34. The van der Waals surface area contributed by atoms with Gasteiger partial charge in [-0.2, -0.15) is 4.31 Å². The van der Waals surface area contributed by atoms with Gasteiger partial charge in [-0.3, -0.25) is 14.6 Å². The number of likely N-dealkylation sites (N-methyl/N-ethyl adjacent to an activating group) is 1. The van der Waals surface area contributed by atoms with Gasteiger partial charge in [0.25, 0.3) is 11.8 Å². The van der Waals surface area contributed by atoms with Crippen molar-refractivity contribution in [1.29, 1.82) is 0 Å². The van der Waals surface area contributed by atoms with Gasteiger partial charge in [0.15, 0.2) is 0 Å². The molecule has 1 spiro atoms. The van der Waals surface area contributed by atoms with Crippen molar-refractivity contribution in [3.8, 4) is 0 Å². The van der Waals surface area contributed by atoms with Crippen LogP contribution in [-0.2, 0) is 19.6 Å². The Bertz CT molecular complexity index is 1420. The van der Waals surface area contributed by atoms with Gasteiger partial charge in [0, 0.05) is 31.5 Å². The van der Waals surface area contributed by atoms with Crippen LogP contribution in [0.2, 0.25) is 0 Å². The predicted molar refractivity (Wildman–Crippen MR) is 159 cm³/mol. The summed E-state index contributed by atoms with van der Waals surface area (Å²) in [6.45, 7) is 9.77. The molecule has 1 N–H and O–H groups in total. The number of nitrogens with one attached hydrogen (secondary N) is 1. The number of piperidine rings is 1. The minimum Gasteiger partial charge on any atom is -0.313 e. The molecule has 222 valence electrons. The number of carbonyl (C=O) groups is 3. The molecule has 1 aliphatic carbocycles. The van der Waals surface area contributed by atoms with E-state index in [1.54, 1.807) is 39.1 Å². The zero-order valence-electron chi connectivity index (χ0n) is 24.9. The second-order valence-corrected chi connectivity index (χ2v) is 14.5. The summed E-state index contributed by atoms with van der Waals surface area (Å²) in [6, 6.07) is 3.07. The molecule has 0 bridgehead atoms. The average Bonchev–Trinajstić information content (AvgIpc) is 3.30. The standard InChI is InChI=1S/C30H41N5O5S/c1-19-7-9-22(10-8-19)25-31-26(36)30(32-25)12-14-34(15-13-30)41(39,40)16-11-24-20(2)17-23(18-21(24)3)35-27(37)29(4,5)33(6)28(35)38/h11,16-19,22H,7-10,12-15H2,1-6H3,(H,31,32,36). The third-order valence-electron chi connectivity index (χ3n) is 9.60. The van der Waals surface area contributed by atoms with Crippen molar-refractivity contribution < 1.29 is 22.8 Å². The molecule has 3 heterocycles. The number of rotatable bonds is 5. The van der Waals surface area contributed by atoms with Crippen LogP contribution in [0.4, 0.5) is 10.5 Å². The molecule has 0 aromatic heterocycles. The Morgan fingerprint density at radius 3 is 2.12 bits per heavy atom. The maximum Gasteiger partial charge on any atom is 0.332 e. The highest BCUT2D eigenvalue weighted by Crippen LogP contribution is 2.37. The van der Waals surface area contributed by atoms with Crippen LogP contribution in [0, 0.1) is 25.7 Å². The Labute approximate surface area is 242 Å². The number of aryl methyl sites for hydroxylation is 2. The van der Waals surface area contributed by atoms with Gasteiger partial charge < -0.3 is 10.2 Å². The highest BCUT2D eigenvalue weighted by Gasteiger charge is 2.50. The Morgan fingerprint density at radius 2 is 1.59 bits per heavy atom. The largest absolute Gasteiger partial charge is 0.332 e. The third-order valence-corrected chi connectivity index (χ3v) is 11.2. The molecular formula is C30H41N5O5S. The van der Waals surface area contributed by atoms with E-state index in [1.165, 1.54) is 19.5 Å². The molecule has 4 amide bonds. The minimum absolute atomic E-state index is 0.102. The fourth-order valence-corrected chi connectivity index (χ4v) is 7.59. The van der Waals surface area contributed by atoms with Gasteiger partial charge in [0.1, 0.15) is 16.9 Å². The lowest BCUT2D eigenvalue weighted by molar-refractivity contribution is -0.125. The zero-order valence-corrected chi connectivity index (χ0v) is 25.7. The molecule has 0 unspecified atom stereocenters. The fraction of sp³-hybridized carbons (Fsp3) is 0.600. The minimum atomic E-state index is -3.74. The van der Waals surface area contributed by atoms with Gasteiger partial charge in [-0.15, -0.1) is 0 Å². The van der Waals surface area contributed by atoms with E-state index in [0.717, 1.165) is 42.6 Å². The molecule has 5 rings (SSSR count). The van der Waals surface area contributed by atoms with E-state index in [0.29, 0.717) is 30.0 Å². The van der Waals surface area contributed by atoms with Gasteiger partial charge in [-0.05, 0) is 94.2 Å². The summed E-state index contributed by atoms with van der Waals surface area (Å²) in [7, 11) is -2.13. The number of imide groups is 1. The number of urea groups is 1. The SMILES string of the molecule is Cc1cc(N2C(=O)N(C)C(C)(C)C2=O)cc(C)c1C=CS(=O)(=O)N1CCC2(CC1)N=C(C1CCC(C)CC1)NC2=O. The van der Waals surface area contributed by atoms with Crippen LogP contribution in [0.1, 0.15) is 76.0 Å². The van der Waals surface area contributed by atoms with Gasteiger partial charge in [0.2, 0.25) is 10.0 Å². The summed E-state index contributed by atoms with van der Waals surface area (Å²) in [5.74, 6) is 1.37. The molecule has 2 saturated heterocycles. The van der Waals surface area contributed by atoms with Gasteiger partial charge >= 0.3 is 6.03 Å². The van der Waals surface area contributed by atoms with Crippen LogP contribution in [0.25, 0.3) is 6.08 Å². The number of anilines is 1. The second kappa shape index (κ2) is 10.3. The molecular weight excluding hydrogens is 542 g/mol. The third kappa shape index (κ3) is 5.11. The predicted octanol–water partition coefficient (Wildman–Crippen LogP) is 3.97. The monoisotopic (exact) mass is 583 g/mol. The van der Waals surface area contributed by atoms with Crippen molar-refractivity contribution in [2.45, 2.75) is 84.2 Å². The normalized spacial score (nSPS) is 26.8. The van der Waals surface area contributed by atoms with Crippen LogP contribution < -0.4 is 10.2 Å². The molecule has 11 heteroatoms. The highest BCUT2D eigenvalue weighted by atomic mass is 32.2. The van der Waals surface area contributed by atoms with Gasteiger partial charge in [0.05, 0.1) is 5.69 Å². The number of hydrogen-bond donors (Lipinski definition) is 1. The van der Waals surface area contributed by atoms with Crippen molar-refractivity contribution in [2.24, 2.45) is 16.8 Å². The Hall–Kier alpha value is -3.05. The number of sulfonamides is 1. The van der Waals surface area contributed by atoms with Crippen LogP contribution in [0.5, 0.6) is 0 Å². The number of amides is 4. The number of benzene rings is 1. The summed E-state index contributed by atoms with van der Waals surface area (Å²) in [6.07, 6.45) is 6.61. The molecule has 3 fully saturated rings. The molecule has 0 atom stereocenters. The Balaban J connectivity index is 1.28.